The highest BCUT2D eigenvalue weighted by Gasteiger charge is 2.28. The second-order valence-electron chi connectivity index (χ2n) is 7.87. The molecule has 1 aromatic carbocycles. The fourth-order valence-corrected chi connectivity index (χ4v) is 3.32. The molecular weight excluding hydrogens is 378 g/mol. The summed E-state index contributed by atoms with van der Waals surface area (Å²) >= 11 is 0. The van der Waals surface area contributed by atoms with Gasteiger partial charge in [0.25, 0.3) is 0 Å². The van der Waals surface area contributed by atoms with Crippen molar-refractivity contribution in [2.75, 3.05) is 6.54 Å². The van der Waals surface area contributed by atoms with E-state index in [9.17, 15) is 10.4 Å². The van der Waals surface area contributed by atoms with Crippen LogP contribution in [-0.4, -0.2) is 26.4 Å². The highest BCUT2D eigenvalue weighted by atomic mass is 16.5. The second kappa shape index (κ2) is 8.27. The third kappa shape index (κ3) is 4.06. The Balaban J connectivity index is 1.72. The van der Waals surface area contributed by atoms with E-state index in [4.69, 9.17) is 15.6 Å². The molecule has 0 radical (unpaired) electrons. The van der Waals surface area contributed by atoms with E-state index in [1.54, 1.807) is 24.4 Å². The maximum atomic E-state index is 9.91. The predicted molar refractivity (Wildman–Crippen MR) is 113 cm³/mol. The van der Waals surface area contributed by atoms with Gasteiger partial charge in [-0.05, 0) is 51.0 Å². The number of nitriles is 1. The van der Waals surface area contributed by atoms with Crippen molar-refractivity contribution in [3.63, 3.8) is 0 Å². The van der Waals surface area contributed by atoms with Gasteiger partial charge in [0.05, 0.1) is 35.2 Å². The van der Waals surface area contributed by atoms with Gasteiger partial charge in [-0.1, -0.05) is 6.07 Å². The Morgan fingerprint density at radius 2 is 2.07 bits per heavy atom. The smallest absolute Gasteiger partial charge is 0.218 e. The number of aliphatic hydroxyl groups excluding tert-OH is 1. The molecule has 30 heavy (non-hydrogen) atoms. The first-order valence-corrected chi connectivity index (χ1v) is 10.2. The molecule has 1 aliphatic rings. The van der Waals surface area contributed by atoms with Gasteiger partial charge in [0, 0.05) is 35.9 Å². The summed E-state index contributed by atoms with van der Waals surface area (Å²) in [5.74, 6) is 1.71. The molecule has 1 saturated carbocycles. The summed E-state index contributed by atoms with van der Waals surface area (Å²) in [4.78, 5) is 4.48. The van der Waals surface area contributed by atoms with Crippen LogP contribution >= 0.6 is 0 Å². The van der Waals surface area contributed by atoms with Gasteiger partial charge in [0.2, 0.25) is 5.88 Å². The number of rotatable bonds is 7. The topological polar surface area (TPSA) is 110 Å². The maximum absolute atomic E-state index is 9.91. The highest BCUT2D eigenvalue weighted by Crippen LogP contribution is 2.42. The van der Waals surface area contributed by atoms with Crippen molar-refractivity contribution >= 4 is 0 Å². The third-order valence-corrected chi connectivity index (χ3v) is 5.20. The molecule has 0 bridgehead atoms. The summed E-state index contributed by atoms with van der Waals surface area (Å²) < 4.78 is 8.18. The molecule has 1 fully saturated rings. The predicted octanol–water partition coefficient (Wildman–Crippen LogP) is 4.06. The molecule has 2 aromatic heterocycles. The number of aliphatic hydroxyl groups is 1. The first kappa shape index (κ1) is 20.1. The fourth-order valence-electron chi connectivity index (χ4n) is 3.32. The van der Waals surface area contributed by atoms with Gasteiger partial charge in [0.15, 0.2) is 0 Å². The first-order valence-electron chi connectivity index (χ1n) is 10.2. The summed E-state index contributed by atoms with van der Waals surface area (Å²) in [5.41, 5.74) is 9.17. The summed E-state index contributed by atoms with van der Waals surface area (Å²) in [5, 5.41) is 24.0. The van der Waals surface area contributed by atoms with Crippen molar-refractivity contribution in [1.82, 2.24) is 14.8 Å². The zero-order valence-electron chi connectivity index (χ0n) is 17.1. The summed E-state index contributed by atoms with van der Waals surface area (Å²) in [6.07, 6.45) is 3.19. The Kier molecular flexibility index (Phi) is 5.53. The number of hydrogen-bond donors (Lipinski definition) is 2. The molecule has 3 aromatic rings. The molecule has 154 valence electrons. The van der Waals surface area contributed by atoms with Gasteiger partial charge in [-0.3, -0.25) is 4.98 Å². The minimum atomic E-state index is -0.746. The lowest BCUT2D eigenvalue weighted by molar-refractivity contribution is 0.186. The van der Waals surface area contributed by atoms with Gasteiger partial charge in [-0.25, -0.2) is 4.68 Å². The Morgan fingerprint density at radius 1 is 1.27 bits per heavy atom. The molecule has 7 nitrogen and oxygen atoms in total. The Labute approximate surface area is 175 Å². The normalized spacial score (nSPS) is 14.5. The molecule has 1 aliphatic carbocycles. The lowest BCUT2D eigenvalue weighted by Gasteiger charge is -2.15. The van der Waals surface area contributed by atoms with Gasteiger partial charge in [-0.2, -0.15) is 10.4 Å². The van der Waals surface area contributed by atoms with Crippen LogP contribution in [0, 0.1) is 11.3 Å². The van der Waals surface area contributed by atoms with E-state index in [1.165, 1.54) is 0 Å². The number of pyridine rings is 1. The molecule has 3 N–H and O–H groups in total. The van der Waals surface area contributed by atoms with Crippen molar-refractivity contribution in [1.29, 1.82) is 5.26 Å². The highest BCUT2D eigenvalue weighted by molar-refractivity contribution is 5.69. The second-order valence-corrected chi connectivity index (χ2v) is 7.87. The average Bonchev–Trinajstić information content (AvgIpc) is 3.53. The maximum Gasteiger partial charge on any atom is 0.218 e. The lowest BCUT2D eigenvalue weighted by Crippen LogP contribution is -2.11. The van der Waals surface area contributed by atoms with Crippen LogP contribution in [0.3, 0.4) is 0 Å². The number of benzene rings is 1. The average molecular weight is 403 g/mol. The summed E-state index contributed by atoms with van der Waals surface area (Å²) in [6, 6.07) is 13.2. The fraction of sp³-hybridized carbons (Fsp3) is 0.348. The van der Waals surface area contributed by atoms with Crippen LogP contribution in [0.25, 0.3) is 11.3 Å². The molecule has 7 heteroatoms. The summed E-state index contributed by atoms with van der Waals surface area (Å²) in [7, 11) is 0. The van der Waals surface area contributed by atoms with Gasteiger partial charge in [0.1, 0.15) is 5.75 Å². The van der Waals surface area contributed by atoms with E-state index in [0.717, 1.165) is 24.1 Å². The lowest BCUT2D eigenvalue weighted by atomic mass is 10.1. The molecule has 0 spiro atoms. The molecule has 0 aliphatic heterocycles. The van der Waals surface area contributed by atoms with E-state index < -0.39 is 6.10 Å². The van der Waals surface area contributed by atoms with Crippen LogP contribution in [-0.2, 0) is 0 Å². The molecule has 2 heterocycles. The Morgan fingerprint density at radius 3 is 2.67 bits per heavy atom. The van der Waals surface area contributed by atoms with Crippen LogP contribution in [0.4, 0.5) is 0 Å². The SMILES string of the molecule is CC(C)n1nc(C2CC2)cc1Oc1cc(C#N)ccc1-c1ccc([C@H](O)CN)cn1. The van der Waals surface area contributed by atoms with Crippen molar-refractivity contribution in [2.24, 2.45) is 5.73 Å². The molecule has 1 atom stereocenters. The number of nitrogens with two attached hydrogens (primary N) is 1. The number of nitrogens with zero attached hydrogens (tertiary/aromatic N) is 4. The van der Waals surface area contributed by atoms with Crippen molar-refractivity contribution in [3.8, 4) is 29.0 Å². The zero-order valence-corrected chi connectivity index (χ0v) is 17.1. The van der Waals surface area contributed by atoms with E-state index in [2.05, 4.69) is 24.9 Å². The van der Waals surface area contributed by atoms with Crippen LogP contribution in [0.1, 0.15) is 61.6 Å². The van der Waals surface area contributed by atoms with E-state index >= 15 is 0 Å². The largest absolute Gasteiger partial charge is 0.439 e. The molecule has 0 saturated heterocycles. The molecule has 4 rings (SSSR count). The third-order valence-electron chi connectivity index (χ3n) is 5.20. The summed E-state index contributed by atoms with van der Waals surface area (Å²) in [6.45, 7) is 4.26. The van der Waals surface area contributed by atoms with Crippen LogP contribution < -0.4 is 10.5 Å². The van der Waals surface area contributed by atoms with E-state index in [-0.39, 0.29) is 12.6 Å². The zero-order chi connectivity index (χ0) is 21.3. The monoisotopic (exact) mass is 403 g/mol. The van der Waals surface area contributed by atoms with Crippen LogP contribution in [0.15, 0.2) is 42.6 Å². The first-order chi connectivity index (χ1) is 14.5. The minimum absolute atomic E-state index is 0.134. The van der Waals surface area contributed by atoms with Gasteiger partial charge >= 0.3 is 0 Å². The molecule has 0 unspecified atom stereocenters. The number of hydrogen-bond acceptors (Lipinski definition) is 6. The van der Waals surface area contributed by atoms with Crippen molar-refractivity contribution in [3.05, 3.63) is 59.4 Å². The molecular formula is C23H25N5O2. The van der Waals surface area contributed by atoms with E-state index in [1.807, 2.05) is 22.9 Å². The van der Waals surface area contributed by atoms with Crippen LogP contribution in [0.5, 0.6) is 11.6 Å². The van der Waals surface area contributed by atoms with E-state index in [0.29, 0.717) is 34.4 Å². The van der Waals surface area contributed by atoms with Crippen LogP contribution in [0.2, 0.25) is 0 Å². The van der Waals surface area contributed by atoms with Gasteiger partial charge < -0.3 is 15.6 Å². The van der Waals surface area contributed by atoms with Crippen molar-refractivity contribution in [2.45, 2.75) is 44.8 Å². The van der Waals surface area contributed by atoms with Gasteiger partial charge in [-0.15, -0.1) is 0 Å². The standard InChI is InChI=1S/C23H25N5O2/c1-14(2)28-23(10-20(27-28)16-4-5-16)30-22-9-15(11-24)3-7-18(22)19-8-6-17(13-26-19)21(29)12-25/h3,6-10,13-14,16,21,29H,4-5,12,25H2,1-2H3/t21-/m1/s1. The Bertz CT molecular complexity index is 1080. The quantitative estimate of drug-likeness (QED) is 0.615. The molecule has 0 amide bonds. The Hall–Kier alpha value is -3.21. The minimum Gasteiger partial charge on any atom is -0.439 e. The number of aromatic nitrogens is 3. The number of ether oxygens (including phenoxy) is 1. The van der Waals surface area contributed by atoms with Crippen molar-refractivity contribution < 1.29 is 9.84 Å².